The zero-order valence-corrected chi connectivity index (χ0v) is 12.1. The smallest absolute Gasteiger partial charge is 0.126 e. The van der Waals surface area contributed by atoms with Gasteiger partial charge >= 0.3 is 0 Å². The fraction of sp³-hybridized carbons (Fsp3) is 0.294. The van der Waals surface area contributed by atoms with Crippen LogP contribution >= 0.6 is 0 Å². The maximum atomic E-state index is 13.4. The van der Waals surface area contributed by atoms with E-state index in [9.17, 15) is 13.9 Å². The fourth-order valence-electron chi connectivity index (χ4n) is 2.48. The van der Waals surface area contributed by atoms with Gasteiger partial charge in [0.2, 0.25) is 0 Å². The number of benzene rings is 2. The molecule has 0 heterocycles. The SMILES string of the molecule is Cc1cc(C)c(C(C)(O)c2cc(F)cc(F)c2)cc1C. The summed E-state index contributed by atoms with van der Waals surface area (Å²) in [6, 6.07) is 6.96. The van der Waals surface area contributed by atoms with Crippen molar-refractivity contribution in [2.75, 3.05) is 0 Å². The highest BCUT2D eigenvalue weighted by Crippen LogP contribution is 2.33. The number of aliphatic hydroxyl groups is 1. The summed E-state index contributed by atoms with van der Waals surface area (Å²) in [6.45, 7) is 7.37. The first kappa shape index (κ1) is 14.7. The van der Waals surface area contributed by atoms with Crippen LogP contribution in [0.5, 0.6) is 0 Å². The van der Waals surface area contributed by atoms with Gasteiger partial charge in [0.15, 0.2) is 0 Å². The quantitative estimate of drug-likeness (QED) is 0.873. The summed E-state index contributed by atoms with van der Waals surface area (Å²) in [4.78, 5) is 0. The molecule has 1 nitrogen and oxygen atoms in total. The van der Waals surface area contributed by atoms with Crippen LogP contribution in [-0.4, -0.2) is 5.11 Å². The molecule has 1 unspecified atom stereocenters. The van der Waals surface area contributed by atoms with Gasteiger partial charge in [-0.2, -0.15) is 0 Å². The zero-order chi connectivity index (χ0) is 15.1. The maximum absolute atomic E-state index is 13.4. The molecule has 0 saturated carbocycles. The predicted octanol–water partition coefficient (Wildman–Crippen LogP) is 4.15. The van der Waals surface area contributed by atoms with Gasteiger partial charge in [-0.25, -0.2) is 8.78 Å². The first-order chi connectivity index (χ1) is 9.21. The van der Waals surface area contributed by atoms with Crippen LogP contribution in [0.1, 0.15) is 34.7 Å². The van der Waals surface area contributed by atoms with Crippen molar-refractivity contribution in [3.8, 4) is 0 Å². The Kier molecular flexibility index (Phi) is 3.65. The first-order valence-electron chi connectivity index (χ1n) is 6.49. The molecule has 2 rings (SSSR count). The molecule has 0 bridgehead atoms. The van der Waals surface area contributed by atoms with Gasteiger partial charge < -0.3 is 5.11 Å². The van der Waals surface area contributed by atoms with E-state index in [2.05, 4.69) is 0 Å². The summed E-state index contributed by atoms with van der Waals surface area (Å²) in [7, 11) is 0. The van der Waals surface area contributed by atoms with E-state index in [0.29, 0.717) is 5.56 Å². The van der Waals surface area contributed by atoms with Crippen molar-refractivity contribution >= 4 is 0 Å². The molecule has 0 spiro atoms. The van der Waals surface area contributed by atoms with E-state index in [-0.39, 0.29) is 5.56 Å². The molecule has 0 radical (unpaired) electrons. The number of hydrogen-bond donors (Lipinski definition) is 1. The summed E-state index contributed by atoms with van der Waals surface area (Å²) in [5.74, 6) is -1.39. The molecule has 0 aliphatic heterocycles. The Morgan fingerprint density at radius 3 is 1.85 bits per heavy atom. The molecule has 2 aromatic carbocycles. The van der Waals surface area contributed by atoms with Crippen molar-refractivity contribution in [3.05, 3.63) is 69.8 Å². The van der Waals surface area contributed by atoms with Crippen LogP contribution in [0.15, 0.2) is 30.3 Å². The van der Waals surface area contributed by atoms with E-state index in [1.165, 1.54) is 0 Å². The van der Waals surface area contributed by atoms with E-state index in [1.807, 2.05) is 32.9 Å². The predicted molar refractivity (Wildman–Crippen MR) is 75.7 cm³/mol. The summed E-state index contributed by atoms with van der Waals surface area (Å²) >= 11 is 0. The van der Waals surface area contributed by atoms with Gasteiger partial charge in [0.1, 0.15) is 17.2 Å². The monoisotopic (exact) mass is 276 g/mol. The summed E-state index contributed by atoms with van der Waals surface area (Å²) in [5, 5.41) is 10.8. The van der Waals surface area contributed by atoms with Crippen LogP contribution in [-0.2, 0) is 5.60 Å². The molecular weight excluding hydrogens is 258 g/mol. The van der Waals surface area contributed by atoms with E-state index >= 15 is 0 Å². The molecule has 0 aromatic heterocycles. The Morgan fingerprint density at radius 2 is 1.30 bits per heavy atom. The molecule has 0 fully saturated rings. The lowest BCUT2D eigenvalue weighted by Crippen LogP contribution is -2.24. The Labute approximate surface area is 117 Å². The van der Waals surface area contributed by atoms with Gasteiger partial charge in [-0.05, 0) is 67.6 Å². The molecule has 1 N–H and O–H groups in total. The third-order valence-electron chi connectivity index (χ3n) is 3.79. The van der Waals surface area contributed by atoms with E-state index in [4.69, 9.17) is 0 Å². The van der Waals surface area contributed by atoms with Crippen LogP contribution in [0.3, 0.4) is 0 Å². The molecule has 0 aliphatic carbocycles. The summed E-state index contributed by atoms with van der Waals surface area (Å²) < 4.78 is 26.7. The molecule has 1 atom stereocenters. The molecule has 2 aromatic rings. The highest BCUT2D eigenvalue weighted by atomic mass is 19.1. The lowest BCUT2D eigenvalue weighted by atomic mass is 9.84. The van der Waals surface area contributed by atoms with Crippen molar-refractivity contribution in [3.63, 3.8) is 0 Å². The molecule has 106 valence electrons. The Hall–Kier alpha value is -1.74. The van der Waals surface area contributed by atoms with Crippen LogP contribution in [0.4, 0.5) is 8.78 Å². The topological polar surface area (TPSA) is 20.2 Å². The van der Waals surface area contributed by atoms with Gasteiger partial charge in [0, 0.05) is 6.07 Å². The van der Waals surface area contributed by atoms with Crippen LogP contribution < -0.4 is 0 Å². The maximum Gasteiger partial charge on any atom is 0.126 e. The minimum atomic E-state index is -1.44. The number of hydrogen-bond acceptors (Lipinski definition) is 1. The van der Waals surface area contributed by atoms with Crippen molar-refractivity contribution in [1.29, 1.82) is 0 Å². The minimum absolute atomic E-state index is 0.210. The second-order valence-electron chi connectivity index (χ2n) is 5.48. The van der Waals surface area contributed by atoms with E-state index in [1.54, 1.807) is 6.92 Å². The average molecular weight is 276 g/mol. The average Bonchev–Trinajstić information content (AvgIpc) is 2.32. The Balaban J connectivity index is 2.62. The van der Waals surface area contributed by atoms with Crippen LogP contribution in [0.2, 0.25) is 0 Å². The standard InChI is InChI=1S/C17H18F2O/c1-10-5-12(3)16(6-11(10)2)17(4,20)13-7-14(18)9-15(19)8-13/h5-9,20H,1-4H3. The minimum Gasteiger partial charge on any atom is -0.381 e. The first-order valence-corrected chi connectivity index (χ1v) is 6.49. The summed E-state index contributed by atoms with van der Waals surface area (Å²) in [6.07, 6.45) is 0. The summed E-state index contributed by atoms with van der Waals surface area (Å²) in [5.41, 5.74) is 2.47. The van der Waals surface area contributed by atoms with Gasteiger partial charge in [0.25, 0.3) is 0 Å². The van der Waals surface area contributed by atoms with Gasteiger partial charge in [-0.15, -0.1) is 0 Å². The molecular formula is C17H18F2O. The van der Waals surface area contributed by atoms with Gasteiger partial charge in [-0.3, -0.25) is 0 Å². The zero-order valence-electron chi connectivity index (χ0n) is 12.1. The number of rotatable bonds is 2. The van der Waals surface area contributed by atoms with Crippen molar-refractivity contribution in [2.24, 2.45) is 0 Å². The fourth-order valence-corrected chi connectivity index (χ4v) is 2.48. The van der Waals surface area contributed by atoms with Crippen molar-refractivity contribution < 1.29 is 13.9 Å². The second kappa shape index (κ2) is 4.98. The van der Waals surface area contributed by atoms with Gasteiger partial charge in [-0.1, -0.05) is 12.1 Å². The largest absolute Gasteiger partial charge is 0.381 e. The number of aryl methyl sites for hydroxylation is 3. The lowest BCUT2D eigenvalue weighted by Gasteiger charge is -2.27. The molecule has 0 aliphatic rings. The third-order valence-corrected chi connectivity index (χ3v) is 3.79. The highest BCUT2D eigenvalue weighted by molar-refractivity contribution is 5.44. The molecule has 0 amide bonds. The van der Waals surface area contributed by atoms with Crippen LogP contribution in [0, 0.1) is 32.4 Å². The van der Waals surface area contributed by atoms with E-state index in [0.717, 1.165) is 34.9 Å². The normalized spacial score (nSPS) is 14.2. The molecule has 20 heavy (non-hydrogen) atoms. The number of halogens is 2. The Bertz CT molecular complexity index is 640. The molecule has 3 heteroatoms. The Morgan fingerprint density at radius 1 is 0.800 bits per heavy atom. The molecule has 0 saturated heterocycles. The van der Waals surface area contributed by atoms with E-state index < -0.39 is 17.2 Å². The van der Waals surface area contributed by atoms with Crippen molar-refractivity contribution in [1.82, 2.24) is 0 Å². The van der Waals surface area contributed by atoms with Gasteiger partial charge in [0.05, 0.1) is 0 Å². The second-order valence-corrected chi connectivity index (χ2v) is 5.48. The third kappa shape index (κ3) is 2.59. The van der Waals surface area contributed by atoms with Crippen molar-refractivity contribution in [2.45, 2.75) is 33.3 Å². The highest BCUT2D eigenvalue weighted by Gasteiger charge is 2.28. The van der Waals surface area contributed by atoms with Crippen LogP contribution in [0.25, 0.3) is 0 Å². The lowest BCUT2D eigenvalue weighted by molar-refractivity contribution is 0.101.